The minimum Gasteiger partial charge on any atom is -0.372 e. The average molecular weight is 492 g/mol. The molecule has 200 valence electrons. The lowest BCUT2D eigenvalue weighted by Gasteiger charge is -2.25. The van der Waals surface area contributed by atoms with Crippen molar-refractivity contribution in [2.45, 2.75) is 117 Å². The second kappa shape index (κ2) is 20.0. The van der Waals surface area contributed by atoms with Crippen LogP contribution in [0.4, 0.5) is 5.69 Å². The van der Waals surface area contributed by atoms with Crippen LogP contribution >= 0.6 is 0 Å². The Balaban J connectivity index is 1.82. The van der Waals surface area contributed by atoms with Crippen molar-refractivity contribution < 1.29 is 4.57 Å². The van der Waals surface area contributed by atoms with E-state index in [0.717, 1.165) is 0 Å². The summed E-state index contributed by atoms with van der Waals surface area (Å²) in [4.78, 5) is 2.65. The summed E-state index contributed by atoms with van der Waals surface area (Å²) < 4.78 is 2.07. The highest BCUT2D eigenvalue weighted by Crippen LogP contribution is 2.20. The van der Waals surface area contributed by atoms with E-state index in [9.17, 15) is 0 Å². The van der Waals surface area contributed by atoms with Gasteiger partial charge in [0.2, 0.25) is 0 Å². The fraction of sp³-hybridized carbons (Fsp3) is 0.618. The number of rotatable bonds is 21. The molecule has 0 radical (unpaired) electrons. The molecule has 0 unspecified atom stereocenters. The maximum atomic E-state index is 2.65. The Labute approximate surface area is 223 Å². The van der Waals surface area contributed by atoms with Crippen LogP contribution in [0.5, 0.6) is 0 Å². The average Bonchev–Trinajstić information content (AvgIpc) is 2.90. The second-order valence-corrected chi connectivity index (χ2v) is 10.7. The number of unbranched alkanes of at least 4 members (excludes halogenated alkanes) is 14. The third-order valence-electron chi connectivity index (χ3n) is 7.29. The summed E-state index contributed by atoms with van der Waals surface area (Å²) in [7, 11) is 2.05. The zero-order chi connectivity index (χ0) is 25.7. The molecule has 0 aliphatic heterocycles. The molecule has 0 spiro atoms. The molecule has 0 amide bonds. The van der Waals surface area contributed by atoms with Gasteiger partial charge in [0.25, 0.3) is 0 Å². The van der Waals surface area contributed by atoms with E-state index in [1.165, 1.54) is 133 Å². The minimum absolute atomic E-state index is 1.20. The summed E-state index contributed by atoms with van der Waals surface area (Å²) in [5, 5.41) is 0. The topological polar surface area (TPSA) is 7.12 Å². The molecule has 2 rings (SSSR count). The first-order chi connectivity index (χ1) is 17.7. The van der Waals surface area contributed by atoms with E-state index in [1.54, 1.807) is 0 Å². The molecule has 0 aliphatic rings. The molecule has 0 aliphatic carbocycles. The van der Waals surface area contributed by atoms with Crippen LogP contribution in [0.1, 0.15) is 128 Å². The van der Waals surface area contributed by atoms with Crippen molar-refractivity contribution in [3.05, 3.63) is 59.9 Å². The maximum absolute atomic E-state index is 2.65. The second-order valence-electron chi connectivity index (χ2n) is 10.7. The fourth-order valence-electron chi connectivity index (χ4n) is 4.86. The molecule has 1 aromatic carbocycles. The summed E-state index contributed by atoms with van der Waals surface area (Å²) in [6, 6.07) is 13.5. The van der Waals surface area contributed by atoms with Crippen molar-refractivity contribution in [3.8, 4) is 0 Å². The number of benzene rings is 1. The Morgan fingerprint density at radius 3 is 1.36 bits per heavy atom. The molecule has 36 heavy (non-hydrogen) atoms. The molecule has 0 saturated heterocycles. The molecule has 0 saturated carbocycles. The van der Waals surface area contributed by atoms with Gasteiger partial charge in [-0.05, 0) is 36.1 Å². The van der Waals surface area contributed by atoms with E-state index in [2.05, 4.69) is 91.3 Å². The van der Waals surface area contributed by atoms with Crippen LogP contribution in [0, 0.1) is 0 Å². The fourth-order valence-corrected chi connectivity index (χ4v) is 4.86. The Morgan fingerprint density at radius 1 is 0.528 bits per heavy atom. The molecule has 0 bridgehead atoms. The molecule has 2 nitrogen and oxygen atoms in total. The number of aromatic nitrogens is 1. The van der Waals surface area contributed by atoms with Crippen molar-refractivity contribution in [1.29, 1.82) is 0 Å². The first kappa shape index (κ1) is 30.1. The molecule has 0 N–H and O–H groups in total. The van der Waals surface area contributed by atoms with Gasteiger partial charge in [-0.1, -0.05) is 128 Å². The summed E-state index contributed by atoms with van der Waals surface area (Å²) >= 11 is 0. The lowest BCUT2D eigenvalue weighted by atomic mass is 10.1. The van der Waals surface area contributed by atoms with Gasteiger partial charge in [-0.25, -0.2) is 4.57 Å². The van der Waals surface area contributed by atoms with Gasteiger partial charge in [0.15, 0.2) is 12.4 Å². The summed E-state index contributed by atoms with van der Waals surface area (Å²) in [6.07, 6.45) is 30.8. The molecular formula is C34H55N2+. The van der Waals surface area contributed by atoms with E-state index >= 15 is 0 Å². The van der Waals surface area contributed by atoms with E-state index in [4.69, 9.17) is 0 Å². The van der Waals surface area contributed by atoms with Gasteiger partial charge in [0, 0.05) is 30.9 Å². The normalized spacial score (nSPS) is 11.4. The Hall–Kier alpha value is -2.09. The third kappa shape index (κ3) is 13.9. The van der Waals surface area contributed by atoms with E-state index in [1.807, 2.05) is 0 Å². The van der Waals surface area contributed by atoms with Gasteiger partial charge in [0.05, 0.1) is 0 Å². The quantitative estimate of drug-likeness (QED) is 0.124. The predicted octanol–water partition coefficient (Wildman–Crippen LogP) is 9.77. The van der Waals surface area contributed by atoms with Crippen molar-refractivity contribution in [2.75, 3.05) is 18.0 Å². The van der Waals surface area contributed by atoms with Crippen LogP contribution in [0.3, 0.4) is 0 Å². The van der Waals surface area contributed by atoms with Crippen molar-refractivity contribution >= 4 is 17.8 Å². The zero-order valence-corrected chi connectivity index (χ0v) is 23.9. The van der Waals surface area contributed by atoms with Crippen LogP contribution in [0.15, 0.2) is 48.8 Å². The van der Waals surface area contributed by atoms with Crippen molar-refractivity contribution in [1.82, 2.24) is 0 Å². The van der Waals surface area contributed by atoms with Gasteiger partial charge < -0.3 is 4.90 Å². The Morgan fingerprint density at radius 2 is 0.917 bits per heavy atom. The molecule has 1 heterocycles. The van der Waals surface area contributed by atoms with Gasteiger partial charge in [-0.3, -0.25) is 0 Å². The number of anilines is 1. The van der Waals surface area contributed by atoms with Gasteiger partial charge in [-0.15, -0.1) is 0 Å². The van der Waals surface area contributed by atoms with Gasteiger partial charge in [-0.2, -0.15) is 0 Å². The summed E-state index contributed by atoms with van der Waals surface area (Å²) in [5.74, 6) is 0. The van der Waals surface area contributed by atoms with Crippen LogP contribution in [-0.2, 0) is 7.05 Å². The number of hydrogen-bond donors (Lipinski definition) is 0. The molecule has 2 heteroatoms. The number of hydrogen-bond acceptors (Lipinski definition) is 1. The maximum Gasteiger partial charge on any atom is 0.169 e. The largest absolute Gasteiger partial charge is 0.372 e. The van der Waals surface area contributed by atoms with E-state index in [0.29, 0.717) is 0 Å². The minimum atomic E-state index is 1.20. The number of pyridine rings is 1. The van der Waals surface area contributed by atoms with Crippen molar-refractivity contribution in [3.63, 3.8) is 0 Å². The van der Waals surface area contributed by atoms with Gasteiger partial charge in [0.1, 0.15) is 7.05 Å². The SMILES string of the molecule is CCCCCCCCCCN(CCCCCCCCCC)c1ccc(/C=C/c2cc[n+](C)cc2)cc1. The lowest BCUT2D eigenvalue weighted by Crippen LogP contribution is -2.25. The van der Waals surface area contributed by atoms with Crippen LogP contribution in [0.25, 0.3) is 12.2 Å². The molecular weight excluding hydrogens is 436 g/mol. The van der Waals surface area contributed by atoms with Crippen LogP contribution in [-0.4, -0.2) is 13.1 Å². The first-order valence-electron chi connectivity index (χ1n) is 15.2. The highest BCUT2D eigenvalue weighted by Gasteiger charge is 2.07. The smallest absolute Gasteiger partial charge is 0.169 e. The van der Waals surface area contributed by atoms with E-state index < -0.39 is 0 Å². The summed E-state index contributed by atoms with van der Waals surface area (Å²) in [6.45, 7) is 6.99. The predicted molar refractivity (Wildman–Crippen MR) is 160 cm³/mol. The molecule has 0 fully saturated rings. The Bertz CT molecular complexity index is 771. The molecule has 2 aromatic rings. The van der Waals surface area contributed by atoms with Crippen molar-refractivity contribution in [2.24, 2.45) is 7.05 Å². The standard InChI is InChI=1S/C34H55N2/c1-4-6-8-10-12-14-16-18-28-36(29-19-17-15-13-11-9-7-5-2)34-24-22-32(23-25-34)20-21-33-26-30-35(3)31-27-33/h20-27,30-31H,4-19,28-29H2,1-3H3/q+1. The third-order valence-corrected chi connectivity index (χ3v) is 7.29. The number of aryl methyl sites for hydroxylation is 1. The van der Waals surface area contributed by atoms with Crippen LogP contribution in [0.2, 0.25) is 0 Å². The lowest BCUT2D eigenvalue weighted by molar-refractivity contribution is -0.671. The molecule has 1 aromatic heterocycles. The first-order valence-corrected chi connectivity index (χ1v) is 15.2. The van der Waals surface area contributed by atoms with E-state index in [-0.39, 0.29) is 0 Å². The van der Waals surface area contributed by atoms with Gasteiger partial charge >= 0.3 is 0 Å². The molecule has 0 atom stereocenters. The zero-order valence-electron chi connectivity index (χ0n) is 23.9. The highest BCUT2D eigenvalue weighted by atomic mass is 15.1. The Kier molecular flexibility index (Phi) is 16.8. The highest BCUT2D eigenvalue weighted by molar-refractivity contribution is 5.70. The monoisotopic (exact) mass is 491 g/mol. The summed E-state index contributed by atoms with van der Waals surface area (Å²) in [5.41, 5.74) is 3.90. The van der Waals surface area contributed by atoms with Crippen LogP contribution < -0.4 is 9.47 Å². The number of nitrogens with zero attached hydrogens (tertiary/aromatic N) is 2.